The second kappa shape index (κ2) is 31.3. The number of guanidine groups is 1. The van der Waals surface area contributed by atoms with Crippen molar-refractivity contribution in [2.75, 3.05) is 40.5 Å². The Morgan fingerprint density at radius 3 is 2.23 bits per heavy atom. The fraction of sp³-hybridized carbons (Fsp3) is 0.632. The maximum atomic E-state index is 12.9. The molecule has 1 fully saturated rings. The molecule has 3 N–H and O–H groups in total. The summed E-state index contributed by atoms with van der Waals surface area (Å²) in [5.74, 6) is 1.04. The number of nitrogens with one attached hydrogen (secondary N) is 1. The zero-order valence-electron chi connectivity index (χ0n) is 30.8. The number of ether oxygens (including phenoxy) is 2. The molecule has 1 atom stereocenters. The van der Waals surface area contributed by atoms with Crippen LogP contribution in [0.5, 0.6) is 0 Å². The summed E-state index contributed by atoms with van der Waals surface area (Å²) >= 11 is 0. The van der Waals surface area contributed by atoms with Gasteiger partial charge in [-0.1, -0.05) is 71.3 Å². The van der Waals surface area contributed by atoms with Crippen LogP contribution in [0.2, 0.25) is 0 Å². The number of allylic oxidation sites excluding steroid dienone is 2. The van der Waals surface area contributed by atoms with Crippen LogP contribution in [0.1, 0.15) is 122 Å². The van der Waals surface area contributed by atoms with Gasteiger partial charge in [-0.3, -0.25) is 19.9 Å². The lowest BCUT2D eigenvalue weighted by atomic mass is 9.87. The van der Waals surface area contributed by atoms with Gasteiger partial charge in [0.2, 0.25) is 5.96 Å². The molecule has 2 rings (SSSR count). The second-order valence-corrected chi connectivity index (χ2v) is 10.7. The predicted octanol–water partition coefficient (Wildman–Crippen LogP) is 7.81. The molecule has 1 aromatic rings. The number of methoxy groups -OCH3 is 2. The number of nitriles is 1. The highest BCUT2D eigenvalue weighted by Crippen LogP contribution is 2.23. The standard InChI is InChI=1S/C26H39N5O3.C8H14O.2C2H6/c1-5-21(10-7-8-19-33-3)16-18-31(17-9-11-24(28)34-4)26(29-6-2)30-25(32)23-14-12-22(20-27)13-15-23;1-7(9)8-5-3-2-4-6-8;2*1-2/h5,12-16,24H,1,6-11,17-19,28H2,2-4H3,(H,29,30,32);8H,2-6H2,1H3;2*1-2H3/b21-16+;;;. The van der Waals surface area contributed by atoms with Gasteiger partial charge >= 0.3 is 0 Å². The van der Waals surface area contributed by atoms with E-state index in [1.54, 1.807) is 45.4 Å². The van der Waals surface area contributed by atoms with E-state index in [2.05, 4.69) is 29.0 Å². The first-order valence-electron chi connectivity index (χ1n) is 17.5. The summed E-state index contributed by atoms with van der Waals surface area (Å²) in [6.45, 7) is 18.1. The molecule has 266 valence electrons. The maximum Gasteiger partial charge on any atom is 0.257 e. The summed E-state index contributed by atoms with van der Waals surface area (Å²) in [4.78, 5) is 30.3. The van der Waals surface area contributed by atoms with Crippen LogP contribution in [-0.4, -0.2) is 69.2 Å². The monoisotopic (exact) mass is 656 g/mol. The van der Waals surface area contributed by atoms with Crippen molar-refractivity contribution in [2.45, 2.75) is 112 Å². The Kier molecular flexibility index (Phi) is 30.5. The zero-order valence-corrected chi connectivity index (χ0v) is 30.8. The van der Waals surface area contributed by atoms with Gasteiger partial charge in [-0.05, 0) is 83.1 Å². The average molecular weight is 656 g/mol. The lowest BCUT2D eigenvalue weighted by Crippen LogP contribution is -2.45. The molecule has 9 nitrogen and oxygen atoms in total. The molecule has 0 aromatic heterocycles. The van der Waals surface area contributed by atoms with E-state index in [1.807, 2.05) is 45.6 Å². The Bertz CT molecular complexity index is 1060. The van der Waals surface area contributed by atoms with Gasteiger partial charge in [0.1, 0.15) is 12.0 Å². The Balaban J connectivity index is 0. The van der Waals surface area contributed by atoms with E-state index in [1.165, 1.54) is 19.3 Å². The number of carbonyl (C=O) groups excluding carboxylic acids is 2. The average Bonchev–Trinajstić information content (AvgIpc) is 3.12. The number of benzene rings is 1. The van der Waals surface area contributed by atoms with Crippen LogP contribution in [0, 0.1) is 17.2 Å². The normalized spacial score (nSPS) is 13.6. The van der Waals surface area contributed by atoms with Gasteiger partial charge in [0.05, 0.1) is 11.6 Å². The topological polar surface area (TPSA) is 130 Å². The van der Waals surface area contributed by atoms with E-state index in [-0.39, 0.29) is 12.1 Å². The molecule has 0 aliphatic heterocycles. The van der Waals surface area contributed by atoms with Gasteiger partial charge in [-0.15, -0.1) is 0 Å². The first-order chi connectivity index (χ1) is 22.8. The summed E-state index contributed by atoms with van der Waals surface area (Å²) in [5, 5.41) is 11.9. The van der Waals surface area contributed by atoms with Crippen LogP contribution < -0.4 is 11.1 Å². The highest BCUT2D eigenvalue weighted by atomic mass is 16.5. The number of unbranched alkanes of at least 4 members (excludes halogenated alkanes) is 1. The summed E-state index contributed by atoms with van der Waals surface area (Å²) in [6, 6.07) is 8.57. The van der Waals surface area contributed by atoms with Crippen molar-refractivity contribution in [2.24, 2.45) is 16.6 Å². The van der Waals surface area contributed by atoms with Crippen molar-refractivity contribution >= 4 is 17.6 Å². The molecule has 1 aliphatic carbocycles. The lowest BCUT2D eigenvalue weighted by molar-refractivity contribution is -0.121. The van der Waals surface area contributed by atoms with Crippen molar-refractivity contribution in [3.05, 3.63) is 59.7 Å². The van der Waals surface area contributed by atoms with E-state index in [0.717, 1.165) is 50.7 Å². The molecular weight excluding hydrogens is 590 g/mol. The number of aliphatic imine (C=N–C) groups is 1. The molecule has 9 heteroatoms. The minimum atomic E-state index is -0.332. The lowest BCUT2D eigenvalue weighted by Gasteiger charge is -2.26. The first-order valence-corrected chi connectivity index (χ1v) is 17.5. The first kappa shape index (κ1) is 45.8. The third-order valence-corrected chi connectivity index (χ3v) is 7.41. The number of carbonyl (C=O) groups is 2. The number of amides is 1. The molecule has 0 saturated heterocycles. The third-order valence-electron chi connectivity index (χ3n) is 7.41. The molecule has 0 spiro atoms. The van der Waals surface area contributed by atoms with Crippen molar-refractivity contribution < 1.29 is 19.1 Å². The van der Waals surface area contributed by atoms with Crippen molar-refractivity contribution in [1.82, 2.24) is 10.2 Å². The number of Topliss-reactive ketones (excluding diaryl/α,β-unsaturated/α-hetero) is 1. The summed E-state index contributed by atoms with van der Waals surface area (Å²) in [6.07, 6.45) is 14.2. The Labute approximate surface area is 286 Å². The van der Waals surface area contributed by atoms with Gasteiger partial charge in [0.15, 0.2) is 0 Å². The number of ketones is 1. The fourth-order valence-electron chi connectivity index (χ4n) is 4.72. The van der Waals surface area contributed by atoms with Gasteiger partial charge in [0.25, 0.3) is 5.91 Å². The Morgan fingerprint density at radius 1 is 1.11 bits per heavy atom. The molecule has 1 amide bonds. The number of hydrogen-bond donors (Lipinski definition) is 2. The van der Waals surface area contributed by atoms with Gasteiger partial charge in [-0.2, -0.15) is 5.26 Å². The number of nitrogens with zero attached hydrogens (tertiary/aromatic N) is 3. The highest BCUT2D eigenvalue weighted by Gasteiger charge is 2.17. The SMILES string of the molecule is C=C/C(=C\CN(CCCC(N)OC)C(=NCC)NC(=O)c1ccc(C#N)cc1)CCCCOC.CC.CC.CC(=O)C1CCCCC1. The molecular formula is C38H65N5O4. The number of rotatable bonds is 16. The highest BCUT2D eigenvalue weighted by molar-refractivity contribution is 6.05. The van der Waals surface area contributed by atoms with E-state index in [0.29, 0.717) is 54.8 Å². The summed E-state index contributed by atoms with van der Waals surface area (Å²) < 4.78 is 10.3. The van der Waals surface area contributed by atoms with Crippen LogP contribution in [-0.2, 0) is 14.3 Å². The quantitative estimate of drug-likeness (QED) is 0.0611. The van der Waals surface area contributed by atoms with Crippen LogP contribution in [0.4, 0.5) is 0 Å². The van der Waals surface area contributed by atoms with Crippen molar-refractivity contribution in [3.63, 3.8) is 0 Å². The van der Waals surface area contributed by atoms with Crippen LogP contribution in [0.3, 0.4) is 0 Å². The molecule has 0 bridgehead atoms. The predicted molar refractivity (Wildman–Crippen MR) is 196 cm³/mol. The van der Waals surface area contributed by atoms with Gasteiger partial charge in [-0.25, -0.2) is 0 Å². The molecule has 47 heavy (non-hydrogen) atoms. The molecule has 1 aliphatic rings. The summed E-state index contributed by atoms with van der Waals surface area (Å²) in [7, 11) is 3.30. The van der Waals surface area contributed by atoms with Crippen LogP contribution in [0.15, 0.2) is 53.6 Å². The fourth-order valence-corrected chi connectivity index (χ4v) is 4.72. The molecule has 1 aromatic carbocycles. The van der Waals surface area contributed by atoms with E-state index >= 15 is 0 Å². The van der Waals surface area contributed by atoms with Gasteiger partial charge < -0.3 is 20.1 Å². The van der Waals surface area contributed by atoms with E-state index in [4.69, 9.17) is 20.5 Å². The molecule has 0 heterocycles. The molecule has 1 unspecified atom stereocenters. The molecule has 0 radical (unpaired) electrons. The second-order valence-electron chi connectivity index (χ2n) is 10.7. The largest absolute Gasteiger partial charge is 0.385 e. The van der Waals surface area contributed by atoms with Crippen molar-refractivity contribution in [1.29, 1.82) is 5.26 Å². The minimum Gasteiger partial charge on any atom is -0.385 e. The van der Waals surface area contributed by atoms with E-state index < -0.39 is 0 Å². The third kappa shape index (κ3) is 22.0. The molecule has 1 saturated carbocycles. The maximum absolute atomic E-state index is 12.9. The van der Waals surface area contributed by atoms with Gasteiger partial charge in [0, 0.05) is 51.9 Å². The van der Waals surface area contributed by atoms with Crippen LogP contribution in [0.25, 0.3) is 0 Å². The van der Waals surface area contributed by atoms with E-state index in [9.17, 15) is 9.59 Å². The minimum absolute atomic E-state index is 0.275. The summed E-state index contributed by atoms with van der Waals surface area (Å²) in [5.41, 5.74) is 8.01. The van der Waals surface area contributed by atoms with Crippen LogP contribution >= 0.6 is 0 Å². The Hall–Kier alpha value is -3.32. The smallest absolute Gasteiger partial charge is 0.257 e. The Morgan fingerprint density at radius 2 is 1.74 bits per heavy atom. The zero-order chi connectivity index (χ0) is 35.9. The number of nitrogens with two attached hydrogens (primary N) is 1. The van der Waals surface area contributed by atoms with Crippen molar-refractivity contribution in [3.8, 4) is 6.07 Å². The number of hydrogen-bond acceptors (Lipinski definition) is 7.